The molecule has 1 fully saturated rings. The SMILES string of the molecule is CCCOc1cccc(NCC2(O)CCC(C)CC2)c1N. The van der Waals surface area contributed by atoms with Crippen molar-refractivity contribution in [2.24, 2.45) is 5.92 Å². The Hall–Kier alpha value is -1.42. The Kier molecular flexibility index (Phi) is 5.34. The average Bonchev–Trinajstić information content (AvgIpc) is 2.48. The summed E-state index contributed by atoms with van der Waals surface area (Å²) in [6, 6.07) is 5.74. The molecule has 4 heteroatoms. The van der Waals surface area contributed by atoms with Gasteiger partial charge in [0.2, 0.25) is 0 Å². The highest BCUT2D eigenvalue weighted by atomic mass is 16.5. The molecule has 0 unspecified atom stereocenters. The summed E-state index contributed by atoms with van der Waals surface area (Å²) in [4.78, 5) is 0. The highest BCUT2D eigenvalue weighted by molar-refractivity contribution is 5.73. The van der Waals surface area contributed by atoms with E-state index in [9.17, 15) is 5.11 Å². The maximum Gasteiger partial charge on any atom is 0.144 e. The first-order chi connectivity index (χ1) is 10.0. The van der Waals surface area contributed by atoms with E-state index >= 15 is 0 Å². The molecule has 1 saturated carbocycles. The fourth-order valence-electron chi connectivity index (χ4n) is 2.77. The molecule has 4 nitrogen and oxygen atoms in total. The predicted octanol–water partition coefficient (Wildman–Crippen LogP) is 3.41. The highest BCUT2D eigenvalue weighted by Crippen LogP contribution is 2.34. The Bertz CT molecular complexity index is 454. The summed E-state index contributed by atoms with van der Waals surface area (Å²) < 4.78 is 5.63. The number of anilines is 2. The molecule has 0 atom stereocenters. The molecule has 0 bridgehead atoms. The first-order valence-electron chi connectivity index (χ1n) is 8.01. The van der Waals surface area contributed by atoms with Crippen LogP contribution in [0, 0.1) is 5.92 Å². The molecule has 2 rings (SSSR count). The van der Waals surface area contributed by atoms with Crippen molar-refractivity contribution >= 4 is 11.4 Å². The molecule has 0 radical (unpaired) electrons. The molecule has 1 aliphatic rings. The van der Waals surface area contributed by atoms with Crippen LogP contribution in [0.1, 0.15) is 46.0 Å². The quantitative estimate of drug-likeness (QED) is 0.703. The number of benzene rings is 1. The molecule has 0 aliphatic heterocycles. The maximum atomic E-state index is 10.6. The summed E-state index contributed by atoms with van der Waals surface area (Å²) in [7, 11) is 0. The lowest BCUT2D eigenvalue weighted by atomic mass is 9.79. The number of nitrogen functional groups attached to an aromatic ring is 1. The molecular weight excluding hydrogens is 264 g/mol. The molecule has 21 heavy (non-hydrogen) atoms. The second-order valence-electron chi connectivity index (χ2n) is 6.33. The number of hydrogen-bond donors (Lipinski definition) is 3. The van der Waals surface area contributed by atoms with Gasteiger partial charge in [-0.05, 0) is 50.2 Å². The summed E-state index contributed by atoms with van der Waals surface area (Å²) >= 11 is 0. The number of aliphatic hydroxyl groups is 1. The van der Waals surface area contributed by atoms with Crippen molar-refractivity contribution in [3.8, 4) is 5.75 Å². The van der Waals surface area contributed by atoms with Gasteiger partial charge >= 0.3 is 0 Å². The highest BCUT2D eigenvalue weighted by Gasteiger charge is 2.31. The molecule has 4 N–H and O–H groups in total. The van der Waals surface area contributed by atoms with E-state index in [0.717, 1.165) is 43.7 Å². The van der Waals surface area contributed by atoms with E-state index in [1.807, 2.05) is 18.2 Å². The summed E-state index contributed by atoms with van der Waals surface area (Å²) in [6.45, 7) is 5.52. The molecule has 1 aliphatic carbocycles. The predicted molar refractivity (Wildman–Crippen MR) is 87.7 cm³/mol. The molecule has 0 heterocycles. The Labute approximate surface area is 127 Å². The molecule has 1 aromatic carbocycles. The smallest absolute Gasteiger partial charge is 0.144 e. The van der Waals surface area contributed by atoms with Gasteiger partial charge in [0.1, 0.15) is 5.75 Å². The zero-order valence-electron chi connectivity index (χ0n) is 13.2. The van der Waals surface area contributed by atoms with Crippen molar-refractivity contribution in [3.05, 3.63) is 18.2 Å². The Morgan fingerprint density at radius 1 is 1.38 bits per heavy atom. The summed E-state index contributed by atoms with van der Waals surface area (Å²) in [5.41, 5.74) is 6.99. The van der Waals surface area contributed by atoms with E-state index in [1.165, 1.54) is 0 Å². The normalized spacial score (nSPS) is 25.6. The Morgan fingerprint density at radius 2 is 2.10 bits per heavy atom. The minimum Gasteiger partial charge on any atom is -0.491 e. The van der Waals surface area contributed by atoms with Crippen molar-refractivity contribution < 1.29 is 9.84 Å². The van der Waals surface area contributed by atoms with Crippen LogP contribution in [0.2, 0.25) is 0 Å². The third-order valence-corrected chi connectivity index (χ3v) is 4.34. The molecule has 0 spiro atoms. The van der Waals surface area contributed by atoms with Gasteiger partial charge in [0, 0.05) is 6.54 Å². The summed E-state index contributed by atoms with van der Waals surface area (Å²) in [5.74, 6) is 1.44. The standard InChI is InChI=1S/C17H28N2O2/c1-3-11-21-15-6-4-5-14(16(15)18)19-12-17(20)9-7-13(2)8-10-17/h4-6,13,19-20H,3,7-12,18H2,1-2H3. The van der Waals surface area contributed by atoms with E-state index in [1.54, 1.807) is 0 Å². The van der Waals surface area contributed by atoms with Crippen LogP contribution in [0.3, 0.4) is 0 Å². The van der Waals surface area contributed by atoms with Crippen LogP contribution < -0.4 is 15.8 Å². The van der Waals surface area contributed by atoms with Crippen LogP contribution >= 0.6 is 0 Å². The number of nitrogens with two attached hydrogens (primary N) is 1. The first-order valence-corrected chi connectivity index (χ1v) is 8.01. The zero-order valence-corrected chi connectivity index (χ0v) is 13.2. The maximum absolute atomic E-state index is 10.6. The van der Waals surface area contributed by atoms with Gasteiger partial charge in [-0.25, -0.2) is 0 Å². The van der Waals surface area contributed by atoms with Gasteiger partial charge in [0.15, 0.2) is 0 Å². The number of nitrogens with one attached hydrogen (secondary N) is 1. The van der Waals surface area contributed by atoms with Gasteiger partial charge < -0.3 is 20.9 Å². The van der Waals surface area contributed by atoms with Gasteiger partial charge in [-0.1, -0.05) is 19.9 Å². The minimum atomic E-state index is -0.612. The number of para-hydroxylation sites is 1. The average molecular weight is 292 g/mol. The topological polar surface area (TPSA) is 67.5 Å². The monoisotopic (exact) mass is 292 g/mol. The number of rotatable bonds is 6. The lowest BCUT2D eigenvalue weighted by molar-refractivity contribution is 0.00502. The van der Waals surface area contributed by atoms with Crippen molar-refractivity contribution in [3.63, 3.8) is 0 Å². The van der Waals surface area contributed by atoms with Crippen molar-refractivity contribution in [2.45, 2.75) is 51.6 Å². The molecule has 1 aromatic rings. The zero-order chi connectivity index (χ0) is 15.3. The van der Waals surface area contributed by atoms with Gasteiger partial charge in [0.25, 0.3) is 0 Å². The van der Waals surface area contributed by atoms with Gasteiger partial charge in [-0.15, -0.1) is 0 Å². The Balaban J connectivity index is 1.96. The summed E-state index contributed by atoms with van der Waals surface area (Å²) in [6.07, 6.45) is 4.84. The fourth-order valence-corrected chi connectivity index (χ4v) is 2.77. The van der Waals surface area contributed by atoms with Crippen LogP contribution in [0.25, 0.3) is 0 Å². The van der Waals surface area contributed by atoms with Gasteiger partial charge in [0.05, 0.1) is 23.6 Å². The van der Waals surface area contributed by atoms with E-state index in [-0.39, 0.29) is 0 Å². The van der Waals surface area contributed by atoms with Crippen LogP contribution in [0.5, 0.6) is 5.75 Å². The van der Waals surface area contributed by atoms with Crippen LogP contribution in [0.15, 0.2) is 18.2 Å². The summed E-state index contributed by atoms with van der Waals surface area (Å²) in [5, 5.41) is 13.9. The second kappa shape index (κ2) is 7.03. The lowest BCUT2D eigenvalue weighted by Gasteiger charge is -2.35. The number of hydrogen-bond acceptors (Lipinski definition) is 4. The molecule has 0 saturated heterocycles. The first kappa shape index (κ1) is 16.0. The molecular formula is C17H28N2O2. The lowest BCUT2D eigenvalue weighted by Crippen LogP contribution is -2.40. The van der Waals surface area contributed by atoms with E-state index in [0.29, 0.717) is 24.6 Å². The number of ether oxygens (including phenoxy) is 1. The van der Waals surface area contributed by atoms with Crippen LogP contribution in [0.4, 0.5) is 11.4 Å². The van der Waals surface area contributed by atoms with Crippen LogP contribution in [-0.2, 0) is 0 Å². The van der Waals surface area contributed by atoms with Crippen LogP contribution in [-0.4, -0.2) is 23.9 Å². The fraction of sp³-hybridized carbons (Fsp3) is 0.647. The second-order valence-corrected chi connectivity index (χ2v) is 6.33. The Morgan fingerprint density at radius 3 is 2.76 bits per heavy atom. The third kappa shape index (κ3) is 4.27. The van der Waals surface area contributed by atoms with Crippen molar-refractivity contribution in [2.75, 3.05) is 24.2 Å². The molecule has 118 valence electrons. The third-order valence-electron chi connectivity index (χ3n) is 4.34. The molecule has 0 amide bonds. The van der Waals surface area contributed by atoms with Gasteiger partial charge in [-0.3, -0.25) is 0 Å². The largest absolute Gasteiger partial charge is 0.491 e. The van der Waals surface area contributed by atoms with E-state index < -0.39 is 5.60 Å². The van der Waals surface area contributed by atoms with E-state index in [4.69, 9.17) is 10.5 Å². The molecule has 0 aromatic heterocycles. The minimum absolute atomic E-state index is 0.543. The van der Waals surface area contributed by atoms with E-state index in [2.05, 4.69) is 19.2 Å². The van der Waals surface area contributed by atoms with Crippen molar-refractivity contribution in [1.29, 1.82) is 0 Å². The van der Waals surface area contributed by atoms with Crippen molar-refractivity contribution in [1.82, 2.24) is 0 Å². The van der Waals surface area contributed by atoms with Gasteiger partial charge in [-0.2, -0.15) is 0 Å².